The maximum Gasteiger partial charge on any atom is 0.409 e. The minimum absolute atomic E-state index is 0.00827. The molecule has 2 atom stereocenters. The standard InChI is InChI=1S/C33H45NO6S/c1-10-41-26-15-13-24(14-16-26)28(35)27-20-34(31(37)38-9)19-25(27)12-11-23-17-21(2)29(22(3)18-23)39-33(7,8)30(36)40-32(4,5)6/h13-18,25,27H,10-12,19-20H2,1-9H3. The molecule has 1 aliphatic rings. The van der Waals surface area contributed by atoms with Gasteiger partial charge in [0, 0.05) is 29.5 Å². The molecule has 2 unspecified atom stereocenters. The van der Waals surface area contributed by atoms with Crippen LogP contribution in [0.3, 0.4) is 0 Å². The van der Waals surface area contributed by atoms with Crippen molar-refractivity contribution in [3.8, 4) is 5.75 Å². The van der Waals surface area contributed by atoms with Gasteiger partial charge in [0.15, 0.2) is 11.4 Å². The van der Waals surface area contributed by atoms with Gasteiger partial charge in [0.05, 0.1) is 7.11 Å². The molecule has 0 aromatic heterocycles. The van der Waals surface area contributed by atoms with Crippen molar-refractivity contribution in [2.45, 2.75) is 84.3 Å². The molecule has 1 aliphatic heterocycles. The number of benzene rings is 2. The first-order chi connectivity index (χ1) is 19.1. The molecular formula is C33H45NO6S. The molecule has 0 spiro atoms. The fourth-order valence-corrected chi connectivity index (χ4v) is 5.89. The molecule has 0 aliphatic carbocycles. The van der Waals surface area contributed by atoms with E-state index in [1.54, 1.807) is 30.5 Å². The number of Topliss-reactive ketones (excluding diaryl/α,β-unsaturated/α-hetero) is 1. The Morgan fingerprint density at radius 3 is 2.12 bits per heavy atom. The van der Waals surface area contributed by atoms with Crippen LogP contribution in [0.1, 0.15) is 75.0 Å². The number of thioether (sulfide) groups is 1. The Bertz CT molecular complexity index is 1220. The Kier molecular flexibility index (Phi) is 10.6. The summed E-state index contributed by atoms with van der Waals surface area (Å²) in [5.41, 5.74) is 1.89. The van der Waals surface area contributed by atoms with Gasteiger partial charge in [-0.1, -0.05) is 31.2 Å². The van der Waals surface area contributed by atoms with E-state index in [1.165, 1.54) is 7.11 Å². The quantitative estimate of drug-likeness (QED) is 0.168. The molecule has 3 rings (SSSR count). The number of hydrogen-bond acceptors (Lipinski definition) is 7. The van der Waals surface area contributed by atoms with Crippen LogP contribution in [0.15, 0.2) is 41.3 Å². The first kappa shape index (κ1) is 32.5. The first-order valence-electron chi connectivity index (χ1n) is 14.3. The molecule has 1 amide bonds. The zero-order valence-electron chi connectivity index (χ0n) is 26.0. The van der Waals surface area contributed by atoms with E-state index in [1.807, 2.05) is 58.9 Å². The number of carbonyl (C=O) groups excluding carboxylic acids is 3. The van der Waals surface area contributed by atoms with Crippen molar-refractivity contribution in [2.75, 3.05) is 26.0 Å². The highest BCUT2D eigenvalue weighted by atomic mass is 32.2. The summed E-state index contributed by atoms with van der Waals surface area (Å²) < 4.78 is 16.7. The fourth-order valence-electron chi connectivity index (χ4n) is 5.23. The SMILES string of the molecule is CCSc1ccc(C(=O)C2CN(C(=O)OC)CC2CCc2cc(C)c(OC(C)(C)C(=O)OC(C)(C)C)c(C)c2)cc1. The molecule has 1 saturated heterocycles. The molecule has 0 saturated carbocycles. The van der Waals surface area contributed by atoms with E-state index in [0.717, 1.165) is 40.2 Å². The number of methoxy groups -OCH3 is 1. The van der Waals surface area contributed by atoms with E-state index in [0.29, 0.717) is 24.4 Å². The zero-order valence-corrected chi connectivity index (χ0v) is 26.8. The van der Waals surface area contributed by atoms with Gasteiger partial charge in [-0.3, -0.25) is 4.79 Å². The molecule has 1 fully saturated rings. The highest BCUT2D eigenvalue weighted by molar-refractivity contribution is 7.99. The monoisotopic (exact) mass is 583 g/mol. The van der Waals surface area contributed by atoms with Gasteiger partial charge in [0.2, 0.25) is 0 Å². The van der Waals surface area contributed by atoms with Crippen molar-refractivity contribution < 1.29 is 28.6 Å². The van der Waals surface area contributed by atoms with Crippen LogP contribution in [0.25, 0.3) is 0 Å². The second kappa shape index (κ2) is 13.3. The average molecular weight is 584 g/mol. The lowest BCUT2D eigenvalue weighted by atomic mass is 9.84. The largest absolute Gasteiger partial charge is 0.476 e. The molecule has 41 heavy (non-hydrogen) atoms. The minimum Gasteiger partial charge on any atom is -0.476 e. The topological polar surface area (TPSA) is 82.1 Å². The van der Waals surface area contributed by atoms with Crippen LogP contribution in [0.4, 0.5) is 4.79 Å². The third-order valence-electron chi connectivity index (χ3n) is 7.23. The number of esters is 1. The molecule has 7 nitrogen and oxygen atoms in total. The summed E-state index contributed by atoms with van der Waals surface area (Å²) in [7, 11) is 1.37. The number of nitrogens with zero attached hydrogens (tertiary/aromatic N) is 1. The van der Waals surface area contributed by atoms with Crippen molar-refractivity contribution in [1.29, 1.82) is 0 Å². The number of carbonyl (C=O) groups is 3. The van der Waals surface area contributed by atoms with Gasteiger partial charge in [-0.2, -0.15) is 0 Å². The number of likely N-dealkylation sites (tertiary alicyclic amines) is 1. The van der Waals surface area contributed by atoms with Crippen LogP contribution in [0.5, 0.6) is 5.75 Å². The predicted octanol–water partition coefficient (Wildman–Crippen LogP) is 7.04. The molecule has 0 radical (unpaired) electrons. The van der Waals surface area contributed by atoms with Gasteiger partial charge in [-0.15, -0.1) is 11.8 Å². The van der Waals surface area contributed by atoms with Crippen molar-refractivity contribution in [2.24, 2.45) is 11.8 Å². The summed E-state index contributed by atoms with van der Waals surface area (Å²) >= 11 is 1.74. The number of rotatable bonds is 10. The van der Waals surface area contributed by atoms with Crippen LogP contribution in [-0.4, -0.2) is 59.9 Å². The molecule has 8 heteroatoms. The number of ketones is 1. The van der Waals surface area contributed by atoms with Crippen molar-refractivity contribution in [1.82, 2.24) is 4.90 Å². The molecular weight excluding hydrogens is 538 g/mol. The Labute approximate surface area is 249 Å². The maximum atomic E-state index is 13.6. The maximum absolute atomic E-state index is 13.6. The lowest BCUT2D eigenvalue weighted by Crippen LogP contribution is -2.43. The van der Waals surface area contributed by atoms with Gasteiger partial charge in [-0.05, 0) is 102 Å². The third kappa shape index (κ3) is 8.51. The number of amides is 1. The zero-order chi connectivity index (χ0) is 30.5. The van der Waals surface area contributed by atoms with Crippen molar-refractivity contribution in [3.63, 3.8) is 0 Å². The highest BCUT2D eigenvalue weighted by Crippen LogP contribution is 2.34. The van der Waals surface area contributed by atoms with Crippen LogP contribution < -0.4 is 4.74 Å². The second-order valence-corrected chi connectivity index (χ2v) is 13.6. The number of aryl methyl sites for hydroxylation is 3. The molecule has 2 aromatic rings. The molecule has 2 aromatic carbocycles. The molecule has 0 bridgehead atoms. The average Bonchev–Trinajstić information content (AvgIpc) is 3.32. The Hall–Kier alpha value is -3.00. The summed E-state index contributed by atoms with van der Waals surface area (Å²) in [5, 5.41) is 0. The van der Waals surface area contributed by atoms with Crippen LogP contribution in [0, 0.1) is 25.7 Å². The fraction of sp³-hybridized carbons (Fsp3) is 0.545. The van der Waals surface area contributed by atoms with E-state index in [-0.39, 0.29) is 17.6 Å². The molecule has 224 valence electrons. The van der Waals surface area contributed by atoms with E-state index in [9.17, 15) is 14.4 Å². The number of hydrogen-bond donors (Lipinski definition) is 0. The summed E-state index contributed by atoms with van der Waals surface area (Å²) in [6.45, 7) is 15.8. The highest BCUT2D eigenvalue weighted by Gasteiger charge is 2.40. The molecule has 0 N–H and O–H groups in total. The van der Waals surface area contributed by atoms with Gasteiger partial charge in [0.25, 0.3) is 0 Å². The van der Waals surface area contributed by atoms with Crippen LogP contribution in [0.2, 0.25) is 0 Å². The van der Waals surface area contributed by atoms with Crippen molar-refractivity contribution in [3.05, 3.63) is 58.7 Å². The number of ether oxygens (including phenoxy) is 3. The predicted molar refractivity (Wildman–Crippen MR) is 163 cm³/mol. The first-order valence-corrected chi connectivity index (χ1v) is 15.3. The summed E-state index contributed by atoms with van der Waals surface area (Å²) in [5.74, 6) is 1.00. The van der Waals surface area contributed by atoms with E-state index >= 15 is 0 Å². The van der Waals surface area contributed by atoms with E-state index in [4.69, 9.17) is 14.2 Å². The smallest absolute Gasteiger partial charge is 0.409 e. The molecule has 1 heterocycles. The van der Waals surface area contributed by atoms with E-state index in [2.05, 4.69) is 19.1 Å². The summed E-state index contributed by atoms with van der Waals surface area (Å²) in [6, 6.07) is 11.9. The minimum atomic E-state index is -1.15. The Balaban J connectivity index is 1.75. The van der Waals surface area contributed by atoms with Crippen molar-refractivity contribution >= 4 is 29.6 Å². The van der Waals surface area contributed by atoms with E-state index < -0.39 is 23.3 Å². The second-order valence-electron chi connectivity index (χ2n) is 12.3. The summed E-state index contributed by atoms with van der Waals surface area (Å²) in [4.78, 5) is 41.5. The van der Waals surface area contributed by atoms with Gasteiger partial charge < -0.3 is 19.1 Å². The third-order valence-corrected chi connectivity index (χ3v) is 8.13. The summed E-state index contributed by atoms with van der Waals surface area (Å²) in [6.07, 6.45) is 1.09. The Morgan fingerprint density at radius 1 is 0.976 bits per heavy atom. The van der Waals surface area contributed by atoms with Gasteiger partial charge in [0.1, 0.15) is 11.4 Å². The lowest BCUT2D eigenvalue weighted by Gasteiger charge is -2.30. The normalized spacial score (nSPS) is 17.3. The van der Waals surface area contributed by atoms with Crippen LogP contribution in [-0.2, 0) is 20.7 Å². The van der Waals surface area contributed by atoms with Crippen LogP contribution >= 0.6 is 11.8 Å². The lowest BCUT2D eigenvalue weighted by molar-refractivity contribution is -0.171. The van der Waals surface area contributed by atoms with Gasteiger partial charge >= 0.3 is 12.1 Å². The Morgan fingerprint density at radius 2 is 1.59 bits per heavy atom. The van der Waals surface area contributed by atoms with Gasteiger partial charge in [-0.25, -0.2) is 9.59 Å².